The number of aliphatic imine (C=N–C) groups is 1. The molecule has 0 fully saturated rings. The van der Waals surface area contributed by atoms with E-state index in [1.54, 1.807) is 12.3 Å². The number of ether oxygens (including phenoxy) is 1. The first kappa shape index (κ1) is 15.6. The summed E-state index contributed by atoms with van der Waals surface area (Å²) in [6.07, 6.45) is 1.76. The molecule has 2 rings (SSSR count). The third-order valence-electron chi connectivity index (χ3n) is 3.00. The first-order valence-corrected chi connectivity index (χ1v) is 7.47. The van der Waals surface area contributed by atoms with E-state index in [9.17, 15) is 5.11 Å². The average Bonchev–Trinajstić information content (AvgIpc) is 2.48. The third kappa shape index (κ3) is 3.87. The monoisotopic (exact) mass is 396 g/mol. The highest BCUT2D eigenvalue weighted by Crippen LogP contribution is 2.32. The van der Waals surface area contributed by atoms with Crippen molar-refractivity contribution < 1.29 is 9.84 Å². The number of anilines is 1. The van der Waals surface area contributed by atoms with Crippen molar-refractivity contribution >= 4 is 40.2 Å². The van der Waals surface area contributed by atoms with Crippen LogP contribution in [0.5, 0.6) is 11.5 Å². The van der Waals surface area contributed by atoms with Crippen LogP contribution in [0.4, 0.5) is 11.4 Å². The van der Waals surface area contributed by atoms with Gasteiger partial charge in [-0.25, -0.2) is 0 Å². The van der Waals surface area contributed by atoms with Gasteiger partial charge < -0.3 is 14.7 Å². The van der Waals surface area contributed by atoms with Crippen LogP contribution in [0.15, 0.2) is 41.4 Å². The second-order valence-corrected chi connectivity index (χ2v) is 5.88. The summed E-state index contributed by atoms with van der Waals surface area (Å²) in [5, 5.41) is 9.81. The van der Waals surface area contributed by atoms with Crippen molar-refractivity contribution in [3.05, 3.63) is 45.5 Å². The van der Waals surface area contributed by atoms with Gasteiger partial charge in [-0.1, -0.05) is 0 Å². The third-order valence-corrected chi connectivity index (χ3v) is 3.82. The lowest BCUT2D eigenvalue weighted by atomic mass is 10.2. The van der Waals surface area contributed by atoms with Crippen molar-refractivity contribution in [2.24, 2.45) is 4.99 Å². The van der Waals surface area contributed by atoms with Gasteiger partial charge in [0.1, 0.15) is 0 Å². The molecule has 2 aromatic rings. The summed E-state index contributed by atoms with van der Waals surface area (Å²) in [6, 6.07) is 11.6. The van der Waals surface area contributed by atoms with Crippen LogP contribution in [-0.4, -0.2) is 32.5 Å². The second-order valence-electron chi connectivity index (χ2n) is 4.72. The summed E-state index contributed by atoms with van der Waals surface area (Å²) < 4.78 is 5.87. The highest BCUT2D eigenvalue weighted by molar-refractivity contribution is 14.1. The molecule has 2 aromatic carbocycles. The topological polar surface area (TPSA) is 45.1 Å². The Hall–Kier alpha value is -1.76. The summed E-state index contributed by atoms with van der Waals surface area (Å²) in [6.45, 7) is 0. The molecule has 0 saturated carbocycles. The molecule has 0 aromatic heterocycles. The maximum absolute atomic E-state index is 9.81. The Morgan fingerprint density at radius 1 is 1.19 bits per heavy atom. The Balaban J connectivity index is 2.23. The van der Waals surface area contributed by atoms with Crippen LogP contribution in [0.2, 0.25) is 0 Å². The summed E-state index contributed by atoms with van der Waals surface area (Å²) in [7, 11) is 5.54. The van der Waals surface area contributed by atoms with E-state index in [2.05, 4.69) is 27.6 Å². The van der Waals surface area contributed by atoms with Gasteiger partial charge in [-0.05, 0) is 64.6 Å². The SMILES string of the molecule is COc1cc(C=Nc2ccc(N(C)C)cc2)cc(I)c1O. The molecular formula is C16H17IN2O2. The minimum absolute atomic E-state index is 0.158. The maximum atomic E-state index is 9.81. The Bertz CT molecular complexity index is 652. The average molecular weight is 396 g/mol. The van der Waals surface area contributed by atoms with Crippen LogP contribution in [0.25, 0.3) is 0 Å². The first-order chi connectivity index (χ1) is 10.0. The summed E-state index contributed by atoms with van der Waals surface area (Å²) >= 11 is 2.07. The zero-order chi connectivity index (χ0) is 15.4. The standard InChI is InChI=1S/C16H17IN2O2/c1-19(2)13-6-4-12(5-7-13)18-10-11-8-14(17)16(20)15(9-11)21-3/h4-10,20H,1-3H3. The molecule has 0 radical (unpaired) electrons. The fourth-order valence-electron chi connectivity index (χ4n) is 1.81. The molecule has 0 aliphatic rings. The van der Waals surface area contributed by atoms with Crippen LogP contribution in [-0.2, 0) is 0 Å². The maximum Gasteiger partial charge on any atom is 0.171 e. The van der Waals surface area contributed by atoms with Crippen LogP contribution in [0, 0.1) is 3.57 Å². The Labute approximate surface area is 138 Å². The fraction of sp³-hybridized carbons (Fsp3) is 0.188. The van der Waals surface area contributed by atoms with E-state index >= 15 is 0 Å². The lowest BCUT2D eigenvalue weighted by molar-refractivity contribution is 0.371. The summed E-state index contributed by atoms with van der Waals surface area (Å²) in [5.74, 6) is 0.608. The molecule has 110 valence electrons. The molecule has 0 saturated heterocycles. The number of phenols is 1. The number of hydrogen-bond donors (Lipinski definition) is 1. The zero-order valence-corrected chi connectivity index (χ0v) is 14.3. The Kier molecular flexibility index (Phi) is 5.06. The van der Waals surface area contributed by atoms with Gasteiger partial charge in [0.2, 0.25) is 0 Å². The molecule has 0 aliphatic carbocycles. The minimum atomic E-state index is 0.158. The summed E-state index contributed by atoms with van der Waals surface area (Å²) in [5.41, 5.74) is 2.89. The zero-order valence-electron chi connectivity index (χ0n) is 12.2. The lowest BCUT2D eigenvalue weighted by Crippen LogP contribution is -2.07. The molecule has 0 spiro atoms. The molecule has 0 amide bonds. The van der Waals surface area contributed by atoms with E-state index in [1.807, 2.05) is 49.3 Å². The van der Waals surface area contributed by atoms with Gasteiger partial charge in [0.05, 0.1) is 16.4 Å². The molecule has 0 aliphatic heterocycles. The summed E-state index contributed by atoms with van der Waals surface area (Å²) in [4.78, 5) is 6.48. The molecule has 5 heteroatoms. The van der Waals surface area contributed by atoms with Crippen molar-refractivity contribution in [3.8, 4) is 11.5 Å². The number of phenolic OH excluding ortho intramolecular Hbond substituents is 1. The van der Waals surface area contributed by atoms with Gasteiger partial charge in [-0.15, -0.1) is 0 Å². The predicted octanol–water partition coefficient (Wildman–Crippen LogP) is 3.82. The van der Waals surface area contributed by atoms with E-state index in [-0.39, 0.29) is 5.75 Å². The lowest BCUT2D eigenvalue weighted by Gasteiger charge is -2.11. The molecule has 1 N–H and O–H groups in total. The molecule has 0 heterocycles. The molecule has 0 bridgehead atoms. The van der Waals surface area contributed by atoms with E-state index < -0.39 is 0 Å². The molecule has 0 atom stereocenters. The first-order valence-electron chi connectivity index (χ1n) is 6.39. The normalized spacial score (nSPS) is 10.9. The smallest absolute Gasteiger partial charge is 0.171 e. The number of methoxy groups -OCH3 is 1. The van der Waals surface area contributed by atoms with Gasteiger partial charge in [0, 0.05) is 26.0 Å². The number of rotatable bonds is 4. The number of hydrogen-bond acceptors (Lipinski definition) is 4. The largest absolute Gasteiger partial charge is 0.504 e. The number of halogens is 1. The Morgan fingerprint density at radius 2 is 1.86 bits per heavy atom. The van der Waals surface area contributed by atoms with Gasteiger partial charge in [-0.3, -0.25) is 4.99 Å². The van der Waals surface area contributed by atoms with Crippen LogP contribution in [0.1, 0.15) is 5.56 Å². The van der Waals surface area contributed by atoms with E-state index in [4.69, 9.17) is 4.74 Å². The molecule has 0 unspecified atom stereocenters. The van der Waals surface area contributed by atoms with E-state index in [0.717, 1.165) is 20.5 Å². The molecular weight excluding hydrogens is 379 g/mol. The van der Waals surface area contributed by atoms with Gasteiger partial charge in [-0.2, -0.15) is 0 Å². The predicted molar refractivity (Wildman–Crippen MR) is 95.4 cm³/mol. The molecule has 4 nitrogen and oxygen atoms in total. The van der Waals surface area contributed by atoms with Crippen molar-refractivity contribution in [3.63, 3.8) is 0 Å². The van der Waals surface area contributed by atoms with E-state index in [1.165, 1.54) is 7.11 Å². The van der Waals surface area contributed by atoms with Gasteiger partial charge in [0.25, 0.3) is 0 Å². The molecule has 21 heavy (non-hydrogen) atoms. The van der Waals surface area contributed by atoms with Crippen LogP contribution in [0.3, 0.4) is 0 Å². The van der Waals surface area contributed by atoms with Gasteiger partial charge in [0.15, 0.2) is 11.5 Å². The number of nitrogens with zero attached hydrogens (tertiary/aromatic N) is 2. The van der Waals surface area contributed by atoms with Crippen molar-refractivity contribution in [2.45, 2.75) is 0 Å². The van der Waals surface area contributed by atoms with Crippen LogP contribution < -0.4 is 9.64 Å². The van der Waals surface area contributed by atoms with Crippen molar-refractivity contribution in [1.82, 2.24) is 0 Å². The second kappa shape index (κ2) is 6.80. The van der Waals surface area contributed by atoms with Crippen LogP contribution >= 0.6 is 22.6 Å². The highest BCUT2D eigenvalue weighted by Gasteiger charge is 2.07. The Morgan fingerprint density at radius 3 is 2.43 bits per heavy atom. The van der Waals surface area contributed by atoms with Crippen molar-refractivity contribution in [1.29, 1.82) is 0 Å². The fourth-order valence-corrected chi connectivity index (χ4v) is 2.44. The quantitative estimate of drug-likeness (QED) is 0.632. The highest BCUT2D eigenvalue weighted by atomic mass is 127. The van der Waals surface area contributed by atoms with Crippen molar-refractivity contribution in [2.75, 3.05) is 26.1 Å². The van der Waals surface area contributed by atoms with E-state index in [0.29, 0.717) is 5.75 Å². The van der Waals surface area contributed by atoms with Gasteiger partial charge >= 0.3 is 0 Å². The number of benzene rings is 2. The number of aromatic hydroxyl groups is 1. The minimum Gasteiger partial charge on any atom is -0.504 e.